The largest absolute Gasteiger partial charge is 0.493 e. The fraction of sp³-hybridized carbons (Fsp3) is 0.562. The number of benzene rings is 1. The molecular weight excluding hydrogens is 312 g/mol. The van der Waals surface area contributed by atoms with Crippen molar-refractivity contribution in [2.45, 2.75) is 26.3 Å². The fourth-order valence-electron chi connectivity index (χ4n) is 3.26. The first-order valence-corrected chi connectivity index (χ1v) is 8.26. The number of rotatable bonds is 6. The van der Waals surface area contributed by atoms with Gasteiger partial charge in [0.1, 0.15) is 5.75 Å². The normalized spacial score (nSPS) is 22.3. The second-order valence-corrected chi connectivity index (χ2v) is 5.75. The van der Waals surface area contributed by atoms with Crippen LogP contribution in [0, 0.1) is 16.0 Å². The quantitative estimate of drug-likeness (QED) is 0.610. The Balaban J connectivity index is 2.02. The topological polar surface area (TPSA) is 98.0 Å². The highest BCUT2D eigenvalue weighted by molar-refractivity contribution is 5.90. The van der Waals surface area contributed by atoms with Gasteiger partial charge in [-0.05, 0) is 13.8 Å². The van der Waals surface area contributed by atoms with Gasteiger partial charge in [0.2, 0.25) is 5.75 Å². The molecular formula is C16H22N4O4. The van der Waals surface area contributed by atoms with Crippen molar-refractivity contribution in [1.29, 1.82) is 0 Å². The smallest absolute Gasteiger partial charge is 0.311 e. The van der Waals surface area contributed by atoms with Gasteiger partial charge in [-0.2, -0.15) is 5.10 Å². The molecule has 24 heavy (non-hydrogen) atoms. The van der Waals surface area contributed by atoms with E-state index in [1.165, 1.54) is 0 Å². The van der Waals surface area contributed by atoms with E-state index in [0.717, 1.165) is 30.8 Å². The third-order valence-corrected chi connectivity index (χ3v) is 4.32. The van der Waals surface area contributed by atoms with E-state index in [9.17, 15) is 10.1 Å². The van der Waals surface area contributed by atoms with Crippen molar-refractivity contribution in [3.05, 3.63) is 27.8 Å². The minimum Gasteiger partial charge on any atom is -0.493 e. The number of piperidine rings is 1. The van der Waals surface area contributed by atoms with E-state index in [1.54, 1.807) is 19.1 Å². The third kappa shape index (κ3) is 3.01. The average molecular weight is 334 g/mol. The molecule has 0 aromatic heterocycles. The lowest BCUT2D eigenvalue weighted by Gasteiger charge is -2.26. The number of nitrogens with zero attached hydrogens (tertiary/aromatic N) is 2. The van der Waals surface area contributed by atoms with E-state index < -0.39 is 4.92 Å². The summed E-state index contributed by atoms with van der Waals surface area (Å²) in [5.74, 6) is 1.01. The van der Waals surface area contributed by atoms with Gasteiger partial charge in [0, 0.05) is 48.8 Å². The number of hydrogen-bond acceptors (Lipinski definition) is 7. The van der Waals surface area contributed by atoms with E-state index in [4.69, 9.17) is 9.47 Å². The molecule has 1 aromatic carbocycles. The summed E-state index contributed by atoms with van der Waals surface area (Å²) in [7, 11) is 0. The van der Waals surface area contributed by atoms with Gasteiger partial charge in [-0.1, -0.05) is 0 Å². The summed E-state index contributed by atoms with van der Waals surface area (Å²) < 4.78 is 11.2. The molecule has 2 atom stereocenters. The first kappa shape index (κ1) is 16.5. The number of ether oxygens (including phenoxy) is 2. The van der Waals surface area contributed by atoms with Gasteiger partial charge in [-0.3, -0.25) is 10.1 Å². The van der Waals surface area contributed by atoms with Crippen molar-refractivity contribution >= 4 is 11.4 Å². The minimum atomic E-state index is -0.417. The molecule has 0 saturated carbocycles. The molecule has 2 heterocycles. The van der Waals surface area contributed by atoms with Crippen LogP contribution in [0.5, 0.6) is 11.5 Å². The van der Waals surface area contributed by atoms with Gasteiger partial charge in [0.25, 0.3) is 0 Å². The highest BCUT2D eigenvalue weighted by Gasteiger charge is 2.37. The average Bonchev–Trinajstić information content (AvgIpc) is 2.99. The molecule has 0 spiro atoms. The van der Waals surface area contributed by atoms with Crippen LogP contribution in [0.25, 0.3) is 0 Å². The molecule has 0 aliphatic carbocycles. The number of hydrazone groups is 1. The SMILES string of the molecule is CCOc1cc(OCC)c([N+](=O)[O-])cc1C1NN=C2CCNCC21. The van der Waals surface area contributed by atoms with E-state index in [1.807, 2.05) is 6.92 Å². The van der Waals surface area contributed by atoms with Gasteiger partial charge >= 0.3 is 5.69 Å². The van der Waals surface area contributed by atoms with Gasteiger partial charge in [0.05, 0.1) is 24.2 Å². The molecule has 1 aromatic rings. The molecule has 2 unspecified atom stereocenters. The Morgan fingerprint density at radius 2 is 2.04 bits per heavy atom. The number of nitro groups is 1. The van der Waals surface area contributed by atoms with Crippen LogP contribution in [-0.2, 0) is 0 Å². The van der Waals surface area contributed by atoms with Crippen molar-refractivity contribution in [3.63, 3.8) is 0 Å². The lowest BCUT2D eigenvalue weighted by molar-refractivity contribution is -0.386. The Kier molecular flexibility index (Phi) is 4.84. The van der Waals surface area contributed by atoms with Crippen LogP contribution in [0.2, 0.25) is 0 Å². The monoisotopic (exact) mass is 334 g/mol. The Hall–Kier alpha value is -2.35. The second kappa shape index (κ2) is 7.04. The number of nitro benzene ring substituents is 1. The molecule has 1 saturated heterocycles. The van der Waals surface area contributed by atoms with E-state index in [0.29, 0.717) is 19.0 Å². The standard InChI is InChI=1S/C16H22N4O4/c1-3-23-14-8-15(24-4-2)13(20(21)22)7-10(14)16-11-9-17-6-5-12(11)18-19-16/h7-8,11,16-17,19H,3-6,9H2,1-2H3. The van der Waals surface area contributed by atoms with Gasteiger partial charge in [-0.15, -0.1) is 0 Å². The maximum Gasteiger partial charge on any atom is 0.311 e. The molecule has 0 radical (unpaired) electrons. The van der Waals surface area contributed by atoms with Crippen LogP contribution in [0.1, 0.15) is 31.9 Å². The zero-order valence-electron chi connectivity index (χ0n) is 13.9. The Morgan fingerprint density at radius 1 is 1.29 bits per heavy atom. The molecule has 2 N–H and O–H groups in total. The van der Waals surface area contributed by atoms with Crippen LogP contribution in [-0.4, -0.2) is 36.9 Å². The van der Waals surface area contributed by atoms with Crippen molar-refractivity contribution in [2.75, 3.05) is 26.3 Å². The lowest BCUT2D eigenvalue weighted by atomic mass is 9.86. The zero-order chi connectivity index (χ0) is 17.1. The number of nitrogens with one attached hydrogen (secondary N) is 2. The summed E-state index contributed by atoms with van der Waals surface area (Å²) in [6.45, 7) is 6.21. The molecule has 3 rings (SSSR count). The number of hydrogen-bond donors (Lipinski definition) is 2. The van der Waals surface area contributed by atoms with Crippen molar-refractivity contribution in [2.24, 2.45) is 11.0 Å². The summed E-state index contributed by atoms with van der Waals surface area (Å²) in [4.78, 5) is 11.0. The van der Waals surface area contributed by atoms with Gasteiger partial charge in [-0.25, -0.2) is 0 Å². The van der Waals surface area contributed by atoms with Crippen LogP contribution in [0.4, 0.5) is 5.69 Å². The third-order valence-electron chi connectivity index (χ3n) is 4.32. The first-order chi connectivity index (χ1) is 11.7. The maximum absolute atomic E-state index is 11.4. The van der Waals surface area contributed by atoms with E-state index in [2.05, 4.69) is 15.8 Å². The number of fused-ring (bicyclic) bond motifs is 1. The Bertz CT molecular complexity index is 662. The van der Waals surface area contributed by atoms with Crippen LogP contribution in [0.3, 0.4) is 0 Å². The summed E-state index contributed by atoms with van der Waals surface area (Å²) in [6.07, 6.45) is 0.886. The van der Waals surface area contributed by atoms with Crippen molar-refractivity contribution < 1.29 is 14.4 Å². The van der Waals surface area contributed by atoms with E-state index in [-0.39, 0.29) is 23.4 Å². The molecule has 2 aliphatic heterocycles. The van der Waals surface area contributed by atoms with E-state index >= 15 is 0 Å². The molecule has 2 aliphatic rings. The molecule has 8 heteroatoms. The zero-order valence-corrected chi connectivity index (χ0v) is 13.9. The maximum atomic E-state index is 11.4. The lowest BCUT2D eigenvalue weighted by Crippen LogP contribution is -2.38. The Morgan fingerprint density at radius 3 is 2.75 bits per heavy atom. The predicted octanol–water partition coefficient (Wildman–Crippen LogP) is 2.00. The van der Waals surface area contributed by atoms with Crippen LogP contribution < -0.4 is 20.2 Å². The molecule has 0 amide bonds. The summed E-state index contributed by atoms with van der Waals surface area (Å²) in [5, 5.41) is 19.2. The van der Waals surface area contributed by atoms with Gasteiger partial charge < -0.3 is 20.2 Å². The molecule has 0 bridgehead atoms. The second-order valence-electron chi connectivity index (χ2n) is 5.75. The minimum absolute atomic E-state index is 0.0469. The fourth-order valence-corrected chi connectivity index (χ4v) is 3.26. The highest BCUT2D eigenvalue weighted by atomic mass is 16.6. The molecule has 1 fully saturated rings. The Labute approximate surface area is 140 Å². The van der Waals surface area contributed by atoms with Gasteiger partial charge in [0.15, 0.2) is 0 Å². The first-order valence-electron chi connectivity index (χ1n) is 8.26. The summed E-state index contributed by atoms with van der Waals surface area (Å²) in [6, 6.07) is 3.04. The van der Waals surface area contributed by atoms with Crippen molar-refractivity contribution in [3.8, 4) is 11.5 Å². The van der Waals surface area contributed by atoms with Crippen LogP contribution in [0.15, 0.2) is 17.2 Å². The van der Waals surface area contributed by atoms with Crippen molar-refractivity contribution in [1.82, 2.24) is 10.7 Å². The molecule has 130 valence electrons. The predicted molar refractivity (Wildman–Crippen MR) is 89.7 cm³/mol. The molecule has 8 nitrogen and oxygen atoms in total. The van der Waals surface area contributed by atoms with Crippen LogP contribution >= 0.6 is 0 Å². The highest BCUT2D eigenvalue weighted by Crippen LogP contribution is 2.41. The summed E-state index contributed by atoms with van der Waals surface area (Å²) in [5.41, 5.74) is 4.95. The summed E-state index contributed by atoms with van der Waals surface area (Å²) >= 11 is 0.